The van der Waals surface area contributed by atoms with Crippen LogP contribution in [-0.2, 0) is 0 Å². The number of allylic oxidation sites excluding steroid dienone is 2. The highest BCUT2D eigenvalue weighted by Crippen LogP contribution is 2.23. The van der Waals surface area contributed by atoms with Crippen molar-refractivity contribution in [2.45, 2.75) is 12.8 Å². The van der Waals surface area contributed by atoms with E-state index in [0.29, 0.717) is 0 Å². The van der Waals surface area contributed by atoms with Gasteiger partial charge in [-0.1, -0.05) is 13.2 Å². The Labute approximate surface area is 50.9 Å². The van der Waals surface area contributed by atoms with E-state index in [4.69, 9.17) is 0 Å². The summed E-state index contributed by atoms with van der Waals surface area (Å²) < 4.78 is 0. The van der Waals surface area contributed by atoms with Crippen molar-refractivity contribution in [1.29, 1.82) is 0 Å². The summed E-state index contributed by atoms with van der Waals surface area (Å²) in [6, 6.07) is 0. The van der Waals surface area contributed by atoms with Crippen LogP contribution in [0.2, 0.25) is 0 Å². The van der Waals surface area contributed by atoms with Crippen LogP contribution >= 0.6 is 0 Å². The molecule has 0 heterocycles. The van der Waals surface area contributed by atoms with Crippen LogP contribution in [0.25, 0.3) is 0 Å². The van der Waals surface area contributed by atoms with Gasteiger partial charge in [0.15, 0.2) is 0 Å². The second-order valence-electron chi connectivity index (χ2n) is 2.04. The molecular formula is C8H10. The van der Waals surface area contributed by atoms with E-state index in [2.05, 4.69) is 26.0 Å². The molecule has 1 rings (SSSR count). The lowest BCUT2D eigenvalue weighted by atomic mass is 9.92. The van der Waals surface area contributed by atoms with Gasteiger partial charge in [0.2, 0.25) is 0 Å². The molecule has 0 bridgehead atoms. The second kappa shape index (κ2) is 2.17. The van der Waals surface area contributed by atoms with Gasteiger partial charge in [0.05, 0.1) is 0 Å². The molecule has 0 aromatic heterocycles. The normalized spacial score (nSPS) is 21.5. The quantitative estimate of drug-likeness (QED) is 0.444. The number of hydrogen-bond acceptors (Lipinski definition) is 0. The molecule has 42 valence electrons. The Balaban J connectivity index is 2.52. The Morgan fingerprint density at radius 2 is 1.38 bits per heavy atom. The first-order valence-corrected chi connectivity index (χ1v) is 2.85. The zero-order valence-electron chi connectivity index (χ0n) is 4.98. The zero-order chi connectivity index (χ0) is 5.98. The van der Waals surface area contributed by atoms with Gasteiger partial charge in [-0.25, -0.2) is 0 Å². The fourth-order valence-corrected chi connectivity index (χ4v) is 0.777. The molecule has 0 heteroatoms. The molecule has 8 heavy (non-hydrogen) atoms. The molecule has 1 aliphatic carbocycles. The van der Waals surface area contributed by atoms with E-state index in [1.807, 2.05) is 0 Å². The largest absolute Gasteiger partial charge is 0.0953 e. The van der Waals surface area contributed by atoms with Crippen LogP contribution in [0.3, 0.4) is 0 Å². The van der Waals surface area contributed by atoms with E-state index in [0.717, 1.165) is 24.0 Å². The van der Waals surface area contributed by atoms with Crippen LogP contribution in [-0.4, -0.2) is 0 Å². The molecule has 0 aromatic rings. The van der Waals surface area contributed by atoms with E-state index in [9.17, 15) is 0 Å². The molecule has 0 unspecified atom stereocenters. The third-order valence-electron chi connectivity index (χ3n) is 1.36. The molecular weight excluding hydrogens is 96.1 g/mol. The first-order valence-electron chi connectivity index (χ1n) is 2.85. The highest BCUT2D eigenvalue weighted by Gasteiger charge is 2.06. The van der Waals surface area contributed by atoms with Gasteiger partial charge >= 0.3 is 0 Å². The minimum atomic E-state index is 1.09. The first-order chi connectivity index (χ1) is 3.80. The van der Waals surface area contributed by atoms with Gasteiger partial charge in [-0.2, -0.15) is 0 Å². The van der Waals surface area contributed by atoms with Crippen molar-refractivity contribution in [2.75, 3.05) is 0 Å². The average Bonchev–Trinajstić information content (AvgIpc) is 1.77. The van der Waals surface area contributed by atoms with Crippen LogP contribution in [0.4, 0.5) is 0 Å². The monoisotopic (exact) mass is 106 g/mol. The average molecular weight is 106 g/mol. The maximum absolute atomic E-state index is 3.81. The van der Waals surface area contributed by atoms with E-state index < -0.39 is 0 Å². The third kappa shape index (κ3) is 1.00. The van der Waals surface area contributed by atoms with E-state index in [1.54, 1.807) is 0 Å². The summed E-state index contributed by atoms with van der Waals surface area (Å²) in [5.74, 6) is 0. The van der Waals surface area contributed by atoms with Gasteiger partial charge in [0, 0.05) is 0 Å². The topological polar surface area (TPSA) is 0 Å². The predicted molar refractivity (Wildman–Crippen MR) is 36.1 cm³/mol. The summed E-state index contributed by atoms with van der Waals surface area (Å²) in [6.07, 6.45) is 6.53. The SMILES string of the molecule is C=C1[CH]CC[CH]C1=C. The number of hydrogen-bond donors (Lipinski definition) is 0. The summed E-state index contributed by atoms with van der Waals surface area (Å²) in [6.45, 7) is 7.62. The molecule has 0 atom stereocenters. The smallest absolute Gasteiger partial charge is 0.00962 e. The van der Waals surface area contributed by atoms with E-state index in [1.165, 1.54) is 0 Å². The van der Waals surface area contributed by atoms with Crippen LogP contribution < -0.4 is 0 Å². The predicted octanol–water partition coefficient (Wildman–Crippen LogP) is 2.30. The molecule has 0 nitrogen and oxygen atoms in total. The number of rotatable bonds is 0. The maximum atomic E-state index is 3.81. The Morgan fingerprint density at radius 1 is 1.00 bits per heavy atom. The lowest BCUT2D eigenvalue weighted by Gasteiger charge is -2.13. The molecule has 0 N–H and O–H groups in total. The van der Waals surface area contributed by atoms with Gasteiger partial charge in [-0.3, -0.25) is 0 Å². The van der Waals surface area contributed by atoms with Crippen molar-refractivity contribution >= 4 is 0 Å². The summed E-state index contributed by atoms with van der Waals surface area (Å²) in [7, 11) is 0. The molecule has 0 amide bonds. The first kappa shape index (κ1) is 5.61. The van der Waals surface area contributed by atoms with Gasteiger partial charge < -0.3 is 0 Å². The standard InChI is InChI=1S/C8H10/c1-7-5-3-4-6-8(7)2/h5-6H,1-4H2. The molecule has 1 saturated carbocycles. The Morgan fingerprint density at radius 3 is 1.62 bits per heavy atom. The Bertz CT molecular complexity index is 104. The third-order valence-corrected chi connectivity index (χ3v) is 1.36. The maximum Gasteiger partial charge on any atom is -0.00962 e. The highest BCUT2D eigenvalue weighted by atomic mass is 14.1. The van der Waals surface area contributed by atoms with Crippen molar-refractivity contribution in [3.8, 4) is 0 Å². The van der Waals surface area contributed by atoms with Crippen LogP contribution in [0, 0.1) is 12.8 Å². The Kier molecular flexibility index (Phi) is 1.52. The van der Waals surface area contributed by atoms with E-state index in [-0.39, 0.29) is 0 Å². The lowest BCUT2D eigenvalue weighted by Crippen LogP contribution is -1.96. The minimum Gasteiger partial charge on any atom is -0.0953 e. The van der Waals surface area contributed by atoms with Crippen LogP contribution in [0.5, 0.6) is 0 Å². The Hall–Kier alpha value is -0.520. The molecule has 1 aliphatic rings. The van der Waals surface area contributed by atoms with Gasteiger partial charge in [0.1, 0.15) is 0 Å². The molecule has 0 aromatic carbocycles. The summed E-state index contributed by atoms with van der Waals surface area (Å²) in [4.78, 5) is 0. The van der Waals surface area contributed by atoms with Gasteiger partial charge in [-0.05, 0) is 36.8 Å². The van der Waals surface area contributed by atoms with Gasteiger partial charge in [-0.15, -0.1) is 0 Å². The van der Waals surface area contributed by atoms with Crippen molar-refractivity contribution in [3.05, 3.63) is 37.1 Å². The fourth-order valence-electron chi connectivity index (χ4n) is 0.777. The molecule has 1 fully saturated rings. The van der Waals surface area contributed by atoms with Gasteiger partial charge in [0.25, 0.3) is 0 Å². The summed E-state index contributed by atoms with van der Waals surface area (Å²) in [5.41, 5.74) is 2.19. The van der Waals surface area contributed by atoms with Crippen LogP contribution in [0.1, 0.15) is 12.8 Å². The molecule has 0 saturated heterocycles. The molecule has 0 spiro atoms. The second-order valence-corrected chi connectivity index (χ2v) is 2.04. The fraction of sp³-hybridized carbons (Fsp3) is 0.250. The van der Waals surface area contributed by atoms with Crippen molar-refractivity contribution < 1.29 is 0 Å². The van der Waals surface area contributed by atoms with Crippen molar-refractivity contribution in [2.24, 2.45) is 0 Å². The van der Waals surface area contributed by atoms with Crippen molar-refractivity contribution in [3.63, 3.8) is 0 Å². The van der Waals surface area contributed by atoms with Crippen LogP contribution in [0.15, 0.2) is 24.3 Å². The molecule has 2 radical (unpaired) electrons. The highest BCUT2D eigenvalue weighted by molar-refractivity contribution is 5.40. The summed E-state index contributed by atoms with van der Waals surface area (Å²) >= 11 is 0. The zero-order valence-corrected chi connectivity index (χ0v) is 4.98. The van der Waals surface area contributed by atoms with E-state index >= 15 is 0 Å². The van der Waals surface area contributed by atoms with Crippen molar-refractivity contribution in [1.82, 2.24) is 0 Å². The lowest BCUT2D eigenvalue weighted by molar-refractivity contribution is 0.897. The minimum absolute atomic E-state index is 1.09. The molecule has 0 aliphatic heterocycles. The summed E-state index contributed by atoms with van der Waals surface area (Å²) in [5, 5.41) is 0.